The lowest BCUT2D eigenvalue weighted by Gasteiger charge is -2.13. The number of benzene rings is 2. The summed E-state index contributed by atoms with van der Waals surface area (Å²) in [5, 5.41) is 23.3. The Hall–Kier alpha value is -4.27. The van der Waals surface area contributed by atoms with E-state index in [0.717, 1.165) is 11.3 Å². The number of anilines is 2. The summed E-state index contributed by atoms with van der Waals surface area (Å²) in [5.41, 5.74) is 2.40. The van der Waals surface area contributed by atoms with Crippen molar-refractivity contribution in [1.29, 1.82) is 0 Å². The molecule has 4 N–H and O–H groups in total. The predicted octanol–water partition coefficient (Wildman–Crippen LogP) is 2.85. The number of nitrogens with one attached hydrogen (secondary N) is 2. The van der Waals surface area contributed by atoms with Gasteiger partial charge in [0.05, 0.1) is 12.1 Å². The monoisotopic (exact) mass is 420 g/mol. The Morgan fingerprint density at radius 1 is 0.968 bits per heavy atom. The van der Waals surface area contributed by atoms with Crippen LogP contribution in [0.15, 0.2) is 60.7 Å². The van der Waals surface area contributed by atoms with Gasteiger partial charge >= 0.3 is 11.9 Å². The summed E-state index contributed by atoms with van der Waals surface area (Å²) in [4.78, 5) is 43.2. The van der Waals surface area contributed by atoms with Crippen molar-refractivity contribution in [2.24, 2.45) is 0 Å². The third-order valence-corrected chi connectivity index (χ3v) is 4.29. The van der Waals surface area contributed by atoms with Crippen LogP contribution in [0.1, 0.15) is 22.6 Å². The van der Waals surface area contributed by atoms with Crippen molar-refractivity contribution in [3.63, 3.8) is 0 Å². The molecule has 31 heavy (non-hydrogen) atoms. The molecule has 9 heteroatoms. The molecule has 158 valence electrons. The molecule has 3 rings (SSSR count). The van der Waals surface area contributed by atoms with Crippen LogP contribution in [-0.2, 0) is 9.59 Å². The van der Waals surface area contributed by atoms with Crippen LogP contribution >= 0.6 is 0 Å². The van der Waals surface area contributed by atoms with Gasteiger partial charge in [0.1, 0.15) is 17.7 Å². The fourth-order valence-electron chi connectivity index (χ4n) is 2.89. The Labute approximate surface area is 177 Å². The third-order valence-electron chi connectivity index (χ3n) is 4.29. The Morgan fingerprint density at radius 2 is 1.71 bits per heavy atom. The molecule has 0 radical (unpaired) electrons. The fraction of sp³-hybridized carbons (Fsp3) is 0.136. The number of carbonyl (C=O) groups excluding carboxylic acids is 1. The van der Waals surface area contributed by atoms with Gasteiger partial charge in [-0.25, -0.2) is 14.8 Å². The van der Waals surface area contributed by atoms with E-state index < -0.39 is 30.3 Å². The van der Waals surface area contributed by atoms with E-state index in [1.165, 1.54) is 12.1 Å². The molecule has 0 fully saturated rings. The van der Waals surface area contributed by atoms with Gasteiger partial charge in [0.2, 0.25) is 0 Å². The molecule has 1 aromatic heterocycles. The minimum atomic E-state index is -1.53. The molecule has 0 aliphatic rings. The van der Waals surface area contributed by atoms with Crippen molar-refractivity contribution in [1.82, 2.24) is 15.3 Å². The molecule has 2 aromatic carbocycles. The van der Waals surface area contributed by atoms with Crippen LogP contribution in [0.2, 0.25) is 0 Å². The smallest absolute Gasteiger partial charge is 0.326 e. The normalized spacial score (nSPS) is 11.4. The summed E-state index contributed by atoms with van der Waals surface area (Å²) >= 11 is 0. The van der Waals surface area contributed by atoms with E-state index in [2.05, 4.69) is 20.6 Å². The molecule has 1 unspecified atom stereocenters. The van der Waals surface area contributed by atoms with Crippen molar-refractivity contribution < 1.29 is 24.6 Å². The van der Waals surface area contributed by atoms with Crippen LogP contribution in [0.25, 0.3) is 11.3 Å². The van der Waals surface area contributed by atoms with Crippen LogP contribution in [0.5, 0.6) is 0 Å². The van der Waals surface area contributed by atoms with Gasteiger partial charge in [-0.1, -0.05) is 36.4 Å². The van der Waals surface area contributed by atoms with Crippen molar-refractivity contribution in [3.05, 3.63) is 72.1 Å². The summed E-state index contributed by atoms with van der Waals surface area (Å²) < 4.78 is 0. The first kappa shape index (κ1) is 21.4. The van der Waals surface area contributed by atoms with Crippen molar-refractivity contribution in [3.8, 4) is 11.3 Å². The van der Waals surface area contributed by atoms with Gasteiger partial charge in [0.25, 0.3) is 5.91 Å². The topological polar surface area (TPSA) is 142 Å². The van der Waals surface area contributed by atoms with Crippen LogP contribution in [0.4, 0.5) is 11.5 Å². The van der Waals surface area contributed by atoms with Gasteiger partial charge in [0.15, 0.2) is 0 Å². The minimum absolute atomic E-state index is 0.177. The first-order chi connectivity index (χ1) is 14.8. The van der Waals surface area contributed by atoms with E-state index in [0.29, 0.717) is 17.3 Å². The first-order valence-electron chi connectivity index (χ1n) is 9.35. The first-order valence-corrected chi connectivity index (χ1v) is 9.35. The number of aromatic nitrogens is 2. The SMILES string of the molecule is Cc1nc(Nc2cccc(C(=O)NC(CC(=O)O)C(=O)O)c2)cc(-c2ccccc2)n1. The van der Waals surface area contributed by atoms with Crippen molar-refractivity contribution in [2.75, 3.05) is 5.32 Å². The molecule has 1 atom stereocenters. The number of rotatable bonds is 8. The molecule has 0 aliphatic carbocycles. The molecule has 1 heterocycles. The van der Waals surface area contributed by atoms with Crippen LogP contribution < -0.4 is 10.6 Å². The predicted molar refractivity (Wildman–Crippen MR) is 113 cm³/mol. The summed E-state index contributed by atoms with van der Waals surface area (Å²) in [5.74, 6) is -2.35. The Balaban J connectivity index is 1.79. The maximum Gasteiger partial charge on any atom is 0.326 e. The second-order valence-electron chi connectivity index (χ2n) is 6.72. The molecule has 0 spiro atoms. The lowest BCUT2D eigenvalue weighted by molar-refractivity contribution is -0.145. The Morgan fingerprint density at radius 3 is 2.39 bits per heavy atom. The van der Waals surface area contributed by atoms with Crippen LogP contribution in [-0.4, -0.2) is 44.1 Å². The zero-order valence-electron chi connectivity index (χ0n) is 16.6. The highest BCUT2D eigenvalue weighted by atomic mass is 16.4. The lowest BCUT2D eigenvalue weighted by Crippen LogP contribution is -2.42. The second kappa shape index (κ2) is 9.49. The number of carboxylic acids is 2. The van der Waals surface area contributed by atoms with Crippen molar-refractivity contribution >= 4 is 29.4 Å². The Kier molecular flexibility index (Phi) is 6.56. The van der Waals surface area contributed by atoms with Crippen LogP contribution in [0.3, 0.4) is 0 Å². The zero-order chi connectivity index (χ0) is 22.4. The average Bonchev–Trinajstić information content (AvgIpc) is 2.73. The van der Waals surface area contributed by atoms with E-state index in [1.54, 1.807) is 25.1 Å². The van der Waals surface area contributed by atoms with E-state index in [-0.39, 0.29) is 5.56 Å². The number of amides is 1. The number of carboxylic acid groups (broad SMARTS) is 2. The number of carbonyl (C=O) groups is 3. The van der Waals surface area contributed by atoms with Gasteiger partial charge in [0, 0.05) is 22.9 Å². The van der Waals surface area contributed by atoms with E-state index in [9.17, 15) is 14.4 Å². The number of aryl methyl sites for hydroxylation is 1. The zero-order valence-corrected chi connectivity index (χ0v) is 16.6. The molecule has 0 saturated carbocycles. The maximum atomic E-state index is 12.4. The maximum absolute atomic E-state index is 12.4. The molecule has 9 nitrogen and oxygen atoms in total. The highest BCUT2D eigenvalue weighted by Crippen LogP contribution is 2.22. The molecule has 0 aliphatic heterocycles. The number of nitrogens with zero attached hydrogens (tertiary/aromatic N) is 2. The molecule has 1 amide bonds. The van der Waals surface area contributed by atoms with E-state index >= 15 is 0 Å². The molecular weight excluding hydrogens is 400 g/mol. The highest BCUT2D eigenvalue weighted by molar-refractivity contribution is 5.98. The second-order valence-corrected chi connectivity index (χ2v) is 6.72. The van der Waals surface area contributed by atoms with Gasteiger partial charge in [-0.2, -0.15) is 0 Å². The molecule has 3 aromatic rings. The number of hydrogen-bond acceptors (Lipinski definition) is 6. The van der Waals surface area contributed by atoms with Crippen LogP contribution in [0, 0.1) is 6.92 Å². The molecule has 0 bridgehead atoms. The van der Waals surface area contributed by atoms with Gasteiger partial charge in [-0.05, 0) is 25.1 Å². The summed E-state index contributed by atoms with van der Waals surface area (Å²) in [6.07, 6.45) is -0.721. The van der Waals surface area contributed by atoms with Crippen molar-refractivity contribution in [2.45, 2.75) is 19.4 Å². The Bertz CT molecular complexity index is 1120. The molecular formula is C22H20N4O5. The molecule has 0 saturated heterocycles. The number of hydrogen-bond donors (Lipinski definition) is 4. The average molecular weight is 420 g/mol. The third kappa shape index (κ3) is 5.86. The fourth-order valence-corrected chi connectivity index (χ4v) is 2.89. The summed E-state index contributed by atoms with van der Waals surface area (Å²) in [6.45, 7) is 1.77. The van der Waals surface area contributed by atoms with E-state index in [1.807, 2.05) is 30.3 Å². The minimum Gasteiger partial charge on any atom is -0.481 e. The quantitative estimate of drug-likeness (QED) is 0.436. The van der Waals surface area contributed by atoms with E-state index in [4.69, 9.17) is 10.2 Å². The summed E-state index contributed by atoms with van der Waals surface area (Å²) in [6, 6.07) is 16.2. The summed E-state index contributed by atoms with van der Waals surface area (Å²) in [7, 11) is 0. The van der Waals surface area contributed by atoms with Gasteiger partial charge in [-0.15, -0.1) is 0 Å². The van der Waals surface area contributed by atoms with Gasteiger partial charge < -0.3 is 20.8 Å². The number of aliphatic carboxylic acids is 2. The standard InChI is InChI=1S/C22H20N4O5/c1-13-23-17(14-6-3-2-4-7-14)11-19(24-13)25-16-9-5-8-15(10-16)21(29)26-18(22(30)31)12-20(27)28/h2-11,18H,12H2,1H3,(H,26,29)(H,27,28)(H,30,31)(H,23,24,25). The van der Waals surface area contributed by atoms with Gasteiger partial charge in [-0.3, -0.25) is 9.59 Å². The highest BCUT2D eigenvalue weighted by Gasteiger charge is 2.23. The largest absolute Gasteiger partial charge is 0.481 e. The lowest BCUT2D eigenvalue weighted by atomic mass is 10.1.